The van der Waals surface area contributed by atoms with Crippen LogP contribution in [0.15, 0.2) is 72.8 Å². The summed E-state index contributed by atoms with van der Waals surface area (Å²) in [4.78, 5) is 28.9. The van der Waals surface area contributed by atoms with Crippen LogP contribution in [0.1, 0.15) is 48.6 Å². The van der Waals surface area contributed by atoms with Crippen LogP contribution in [-0.2, 0) is 22.6 Å². The fraction of sp³-hybridized carbons (Fsp3) is 0.355. The number of rotatable bonds is 9. The minimum Gasteiger partial charge on any atom is -0.484 e. The van der Waals surface area contributed by atoms with E-state index in [4.69, 9.17) is 4.74 Å². The maximum atomic E-state index is 13.7. The van der Waals surface area contributed by atoms with Crippen molar-refractivity contribution in [3.8, 4) is 5.75 Å². The highest BCUT2D eigenvalue weighted by atomic mass is 16.5. The van der Waals surface area contributed by atoms with Gasteiger partial charge in [-0.2, -0.15) is 0 Å². The number of hydrogen-bond acceptors (Lipinski definition) is 3. The second kappa shape index (κ2) is 11.9. The van der Waals surface area contributed by atoms with E-state index in [1.807, 2.05) is 114 Å². The Morgan fingerprint density at radius 3 is 2.19 bits per heavy atom. The first-order valence-electron chi connectivity index (χ1n) is 12.4. The molecule has 3 aromatic rings. The highest BCUT2D eigenvalue weighted by Crippen LogP contribution is 2.19. The van der Waals surface area contributed by atoms with E-state index in [0.717, 1.165) is 27.8 Å². The highest BCUT2D eigenvalue weighted by Gasteiger charge is 2.32. The zero-order valence-electron chi connectivity index (χ0n) is 22.3. The molecule has 0 unspecified atom stereocenters. The number of carbonyl (C=O) groups is 2. The van der Waals surface area contributed by atoms with Crippen molar-refractivity contribution in [2.24, 2.45) is 0 Å². The third-order valence-electron chi connectivity index (χ3n) is 6.05. The van der Waals surface area contributed by atoms with Gasteiger partial charge in [-0.25, -0.2) is 0 Å². The van der Waals surface area contributed by atoms with Crippen molar-refractivity contribution in [3.05, 3.63) is 101 Å². The molecular formula is C31H38N2O3. The predicted molar refractivity (Wildman–Crippen MR) is 145 cm³/mol. The molecule has 1 atom stereocenters. The molecule has 0 fully saturated rings. The molecule has 0 saturated carbocycles. The van der Waals surface area contributed by atoms with Crippen LogP contribution in [0.4, 0.5) is 0 Å². The summed E-state index contributed by atoms with van der Waals surface area (Å²) in [5.41, 5.74) is 4.89. The fourth-order valence-electron chi connectivity index (χ4n) is 4.05. The van der Waals surface area contributed by atoms with E-state index in [1.165, 1.54) is 0 Å². The molecule has 190 valence electrons. The molecule has 1 N–H and O–H groups in total. The summed E-state index contributed by atoms with van der Waals surface area (Å²) in [5, 5.41) is 3.09. The Morgan fingerprint density at radius 1 is 0.861 bits per heavy atom. The summed E-state index contributed by atoms with van der Waals surface area (Å²) in [6.45, 7) is 12.1. The Morgan fingerprint density at radius 2 is 1.56 bits per heavy atom. The summed E-state index contributed by atoms with van der Waals surface area (Å²) in [7, 11) is 0. The number of hydrogen-bond donors (Lipinski definition) is 1. The highest BCUT2D eigenvalue weighted by molar-refractivity contribution is 5.89. The average molecular weight is 487 g/mol. The molecule has 0 bridgehead atoms. The van der Waals surface area contributed by atoms with Crippen LogP contribution >= 0.6 is 0 Å². The smallest absolute Gasteiger partial charge is 0.261 e. The van der Waals surface area contributed by atoms with Crippen molar-refractivity contribution in [2.75, 3.05) is 6.61 Å². The molecule has 0 heterocycles. The lowest BCUT2D eigenvalue weighted by Gasteiger charge is -2.33. The van der Waals surface area contributed by atoms with E-state index in [1.54, 1.807) is 4.90 Å². The van der Waals surface area contributed by atoms with E-state index in [9.17, 15) is 9.59 Å². The van der Waals surface area contributed by atoms with Crippen LogP contribution < -0.4 is 10.1 Å². The number of nitrogens with one attached hydrogen (secondary N) is 1. The van der Waals surface area contributed by atoms with Crippen LogP contribution in [0, 0.1) is 20.8 Å². The van der Waals surface area contributed by atoms with Crippen molar-refractivity contribution in [1.82, 2.24) is 10.2 Å². The molecule has 0 aromatic heterocycles. The molecule has 0 aliphatic carbocycles. The first kappa shape index (κ1) is 27.0. The summed E-state index contributed by atoms with van der Waals surface area (Å²) in [5.74, 6) is 0.221. The molecule has 0 spiro atoms. The zero-order chi connectivity index (χ0) is 26.3. The third kappa shape index (κ3) is 7.98. The quantitative estimate of drug-likeness (QED) is 0.432. The van der Waals surface area contributed by atoms with Crippen molar-refractivity contribution in [3.63, 3.8) is 0 Å². The van der Waals surface area contributed by atoms with Gasteiger partial charge in [0.2, 0.25) is 5.91 Å². The van der Waals surface area contributed by atoms with E-state index in [2.05, 4.69) is 5.32 Å². The third-order valence-corrected chi connectivity index (χ3v) is 6.05. The predicted octanol–water partition coefficient (Wildman–Crippen LogP) is 5.55. The zero-order valence-corrected chi connectivity index (χ0v) is 22.3. The van der Waals surface area contributed by atoms with Crippen molar-refractivity contribution >= 4 is 11.8 Å². The van der Waals surface area contributed by atoms with E-state index in [-0.39, 0.29) is 18.4 Å². The van der Waals surface area contributed by atoms with E-state index < -0.39 is 11.6 Å². The minimum atomic E-state index is -0.692. The molecule has 2 amide bonds. The maximum absolute atomic E-state index is 13.7. The van der Waals surface area contributed by atoms with Gasteiger partial charge in [-0.3, -0.25) is 9.59 Å². The van der Waals surface area contributed by atoms with Crippen LogP contribution in [0.3, 0.4) is 0 Å². The summed E-state index contributed by atoms with van der Waals surface area (Å²) in [6.07, 6.45) is 0.407. The Hall–Kier alpha value is -3.60. The van der Waals surface area contributed by atoms with Crippen molar-refractivity contribution < 1.29 is 14.3 Å². The molecule has 0 radical (unpaired) electrons. The number of nitrogens with zero attached hydrogens (tertiary/aromatic N) is 1. The number of ether oxygens (including phenoxy) is 1. The summed E-state index contributed by atoms with van der Waals surface area (Å²) < 4.78 is 5.90. The minimum absolute atomic E-state index is 0.150. The Bertz CT molecular complexity index is 1180. The van der Waals surface area contributed by atoms with Crippen LogP contribution in [0.5, 0.6) is 5.75 Å². The number of benzene rings is 3. The van der Waals surface area contributed by atoms with E-state index in [0.29, 0.717) is 18.7 Å². The Balaban J connectivity index is 1.93. The normalized spacial score (nSPS) is 12.1. The van der Waals surface area contributed by atoms with Gasteiger partial charge >= 0.3 is 0 Å². The number of amides is 2. The monoisotopic (exact) mass is 486 g/mol. The SMILES string of the molecule is Cc1cccc(CN(C(=O)COc2ccc(C)c(C)c2)[C@H](Cc2ccccc2)C(=O)NC(C)(C)C)c1. The fourth-order valence-corrected chi connectivity index (χ4v) is 4.05. The molecular weight excluding hydrogens is 448 g/mol. The van der Waals surface area contributed by atoms with Gasteiger partial charge < -0.3 is 15.0 Å². The standard InChI is InChI=1S/C31H38N2O3/c1-22-11-10-14-26(17-22)20-33(29(34)21-36-27-16-15-23(2)24(3)18-27)28(30(35)32-31(4,5)6)19-25-12-8-7-9-13-25/h7-18,28H,19-21H2,1-6H3,(H,32,35)/t28-/m1/s1. The van der Waals surface area contributed by atoms with Gasteiger partial charge in [0.15, 0.2) is 6.61 Å². The molecule has 3 aromatic carbocycles. The Labute approximate surface area is 215 Å². The van der Waals surface area contributed by atoms with Gasteiger partial charge in [-0.05, 0) is 75.9 Å². The molecule has 36 heavy (non-hydrogen) atoms. The lowest BCUT2D eigenvalue weighted by Crippen LogP contribution is -2.55. The second-order valence-electron chi connectivity index (χ2n) is 10.5. The van der Waals surface area contributed by atoms with Gasteiger partial charge in [0.05, 0.1) is 0 Å². The van der Waals surface area contributed by atoms with Crippen LogP contribution in [0.25, 0.3) is 0 Å². The van der Waals surface area contributed by atoms with Crippen molar-refractivity contribution in [1.29, 1.82) is 0 Å². The first-order chi connectivity index (χ1) is 17.0. The van der Waals surface area contributed by atoms with Crippen molar-refractivity contribution in [2.45, 2.75) is 66.1 Å². The Kier molecular flexibility index (Phi) is 8.92. The average Bonchev–Trinajstić information content (AvgIpc) is 2.81. The largest absolute Gasteiger partial charge is 0.484 e. The molecule has 0 aliphatic rings. The lowest BCUT2D eigenvalue weighted by molar-refractivity contribution is -0.143. The lowest BCUT2D eigenvalue weighted by atomic mass is 10.0. The van der Waals surface area contributed by atoms with Gasteiger partial charge in [0.25, 0.3) is 5.91 Å². The molecule has 0 aliphatic heterocycles. The molecule has 5 heteroatoms. The van der Waals surface area contributed by atoms with Gasteiger partial charge in [0.1, 0.15) is 11.8 Å². The molecule has 5 nitrogen and oxygen atoms in total. The summed E-state index contributed by atoms with van der Waals surface area (Å²) >= 11 is 0. The van der Waals surface area contributed by atoms with Gasteiger partial charge in [-0.1, -0.05) is 66.2 Å². The van der Waals surface area contributed by atoms with E-state index >= 15 is 0 Å². The van der Waals surface area contributed by atoms with Gasteiger partial charge in [-0.15, -0.1) is 0 Å². The molecule has 3 rings (SSSR count). The van der Waals surface area contributed by atoms with Crippen LogP contribution in [0.2, 0.25) is 0 Å². The second-order valence-corrected chi connectivity index (χ2v) is 10.5. The van der Waals surface area contributed by atoms with Crippen LogP contribution in [-0.4, -0.2) is 34.9 Å². The maximum Gasteiger partial charge on any atom is 0.261 e. The number of carbonyl (C=O) groups excluding carboxylic acids is 2. The molecule has 0 saturated heterocycles. The summed E-state index contributed by atoms with van der Waals surface area (Å²) in [6, 6.07) is 22.9. The number of aryl methyl sites for hydroxylation is 3. The first-order valence-corrected chi connectivity index (χ1v) is 12.4. The van der Waals surface area contributed by atoms with Gasteiger partial charge in [0, 0.05) is 18.5 Å². The topological polar surface area (TPSA) is 58.6 Å².